The van der Waals surface area contributed by atoms with Crippen molar-refractivity contribution >= 4 is 60.3 Å². The van der Waals surface area contributed by atoms with Gasteiger partial charge in [-0.2, -0.15) is 0 Å². The van der Waals surface area contributed by atoms with Crippen molar-refractivity contribution in [1.29, 1.82) is 0 Å². The lowest BCUT2D eigenvalue weighted by Crippen LogP contribution is -2.13. The van der Waals surface area contributed by atoms with Crippen molar-refractivity contribution in [3.8, 4) is 22.6 Å². The van der Waals surface area contributed by atoms with Crippen LogP contribution in [0.1, 0.15) is 0 Å². The highest BCUT2D eigenvalue weighted by Gasteiger charge is 2.18. The maximum Gasteiger partial charge on any atom is 0.257 e. The largest absolute Gasteiger partial charge is 0.431 e. The molecule has 0 fully saturated rings. The van der Waals surface area contributed by atoms with Gasteiger partial charge in [-0.05, 0) is 18.2 Å². The predicted octanol–water partition coefficient (Wildman–Crippen LogP) is 7.11. The molecule has 32 heavy (non-hydrogen) atoms. The molecule has 0 radical (unpaired) electrons. The molecule has 5 nitrogen and oxygen atoms in total. The average molecular weight is 522 g/mol. The van der Waals surface area contributed by atoms with Gasteiger partial charge in [0.25, 0.3) is 5.22 Å². The van der Waals surface area contributed by atoms with Crippen molar-refractivity contribution < 1.29 is 9.21 Å². The minimum Gasteiger partial charge on any atom is -0.431 e. The van der Waals surface area contributed by atoms with Gasteiger partial charge in [-0.25, -0.2) is 9.97 Å². The SMILES string of the molecule is O=C(CSc1nc(-c2ccccc2)c(-c2ccccc2)o1)Nc1nc2ccc(Br)cc2s1. The van der Waals surface area contributed by atoms with E-state index in [9.17, 15) is 4.79 Å². The van der Waals surface area contributed by atoms with Crippen molar-refractivity contribution in [1.82, 2.24) is 9.97 Å². The zero-order chi connectivity index (χ0) is 21.9. The second-order valence-electron chi connectivity index (χ2n) is 6.86. The molecule has 158 valence electrons. The monoisotopic (exact) mass is 521 g/mol. The summed E-state index contributed by atoms with van der Waals surface area (Å²) >= 11 is 6.16. The second-order valence-corrected chi connectivity index (χ2v) is 9.73. The third-order valence-electron chi connectivity index (χ3n) is 4.61. The molecule has 0 saturated carbocycles. The number of hydrogen-bond acceptors (Lipinski definition) is 6. The summed E-state index contributed by atoms with van der Waals surface area (Å²) in [7, 11) is 0. The second kappa shape index (κ2) is 9.28. The van der Waals surface area contributed by atoms with Gasteiger partial charge in [0.2, 0.25) is 5.91 Å². The summed E-state index contributed by atoms with van der Waals surface area (Å²) in [6.07, 6.45) is 0. The van der Waals surface area contributed by atoms with Gasteiger partial charge >= 0.3 is 0 Å². The number of anilines is 1. The number of fused-ring (bicyclic) bond motifs is 1. The van der Waals surface area contributed by atoms with E-state index >= 15 is 0 Å². The van der Waals surface area contributed by atoms with Gasteiger partial charge in [-0.3, -0.25) is 4.79 Å². The Kier molecular flexibility index (Phi) is 6.07. The molecule has 2 aromatic heterocycles. The number of rotatable bonds is 6. The highest BCUT2D eigenvalue weighted by molar-refractivity contribution is 9.10. The Morgan fingerprint density at radius 3 is 2.44 bits per heavy atom. The van der Waals surface area contributed by atoms with Gasteiger partial charge in [0, 0.05) is 15.6 Å². The van der Waals surface area contributed by atoms with Crippen LogP contribution in [0.2, 0.25) is 0 Å². The fraction of sp³-hybridized carbons (Fsp3) is 0.0417. The van der Waals surface area contributed by atoms with Gasteiger partial charge in [0.15, 0.2) is 10.9 Å². The maximum atomic E-state index is 12.5. The van der Waals surface area contributed by atoms with E-state index in [0.29, 0.717) is 16.1 Å². The molecule has 1 amide bonds. The van der Waals surface area contributed by atoms with Crippen LogP contribution in [0.15, 0.2) is 93.0 Å². The van der Waals surface area contributed by atoms with E-state index in [-0.39, 0.29) is 11.7 Å². The standard InChI is InChI=1S/C24H16BrN3O2S2/c25-17-11-12-18-19(13-17)32-23(26-18)27-20(29)14-31-24-28-21(15-7-3-1-4-8-15)22(30-24)16-9-5-2-6-10-16/h1-13H,14H2,(H,26,27,29). The van der Waals surface area contributed by atoms with E-state index in [1.165, 1.54) is 23.1 Å². The van der Waals surface area contributed by atoms with Gasteiger partial charge in [0.05, 0.1) is 16.0 Å². The highest BCUT2D eigenvalue weighted by atomic mass is 79.9. The smallest absolute Gasteiger partial charge is 0.257 e. The van der Waals surface area contributed by atoms with Crippen molar-refractivity contribution in [2.24, 2.45) is 0 Å². The van der Waals surface area contributed by atoms with Crippen LogP contribution in [0.3, 0.4) is 0 Å². The summed E-state index contributed by atoms with van der Waals surface area (Å²) in [5.74, 6) is 0.702. The molecule has 0 saturated heterocycles. The number of oxazole rings is 1. The molecule has 0 unspecified atom stereocenters. The molecule has 8 heteroatoms. The van der Waals surface area contributed by atoms with Crippen LogP contribution < -0.4 is 5.32 Å². The average Bonchev–Trinajstić information content (AvgIpc) is 3.42. The Bertz CT molecular complexity index is 1330. The molecule has 0 aliphatic rings. The molecular formula is C24H16BrN3O2S2. The first-order chi connectivity index (χ1) is 15.7. The Hall–Kier alpha value is -2.94. The molecular weight excluding hydrogens is 506 g/mol. The third-order valence-corrected chi connectivity index (χ3v) is 6.87. The number of thiazole rings is 1. The van der Waals surface area contributed by atoms with Gasteiger partial charge < -0.3 is 9.73 Å². The number of nitrogens with one attached hydrogen (secondary N) is 1. The van der Waals surface area contributed by atoms with E-state index in [4.69, 9.17) is 4.42 Å². The number of carbonyl (C=O) groups is 1. The van der Waals surface area contributed by atoms with E-state index in [2.05, 4.69) is 31.2 Å². The van der Waals surface area contributed by atoms with Crippen LogP contribution in [0.25, 0.3) is 32.8 Å². The van der Waals surface area contributed by atoms with Gasteiger partial charge in [-0.1, -0.05) is 99.7 Å². The Labute approximate surface area is 201 Å². The van der Waals surface area contributed by atoms with Crippen LogP contribution in [-0.4, -0.2) is 21.6 Å². The van der Waals surface area contributed by atoms with E-state index < -0.39 is 0 Å². The van der Waals surface area contributed by atoms with Crippen LogP contribution >= 0.6 is 39.0 Å². The molecule has 3 aromatic carbocycles. The lowest BCUT2D eigenvalue weighted by Gasteiger charge is -2.00. The fourth-order valence-corrected chi connectivity index (χ4v) is 5.23. The van der Waals surface area contributed by atoms with E-state index in [0.717, 1.165) is 31.5 Å². The number of amides is 1. The molecule has 0 spiro atoms. The number of nitrogens with zero attached hydrogens (tertiary/aromatic N) is 2. The summed E-state index contributed by atoms with van der Waals surface area (Å²) in [6.45, 7) is 0. The van der Waals surface area contributed by atoms with Gasteiger partial charge in [0.1, 0.15) is 5.69 Å². The summed E-state index contributed by atoms with van der Waals surface area (Å²) in [5.41, 5.74) is 3.52. The minimum atomic E-state index is -0.158. The summed E-state index contributed by atoms with van der Waals surface area (Å²) in [6, 6.07) is 25.6. The lowest BCUT2D eigenvalue weighted by molar-refractivity contribution is -0.113. The van der Waals surface area contributed by atoms with Crippen molar-refractivity contribution in [3.63, 3.8) is 0 Å². The first kappa shape index (κ1) is 20.9. The number of halogens is 1. The molecule has 0 atom stereocenters. The molecule has 0 bridgehead atoms. The zero-order valence-corrected chi connectivity index (χ0v) is 19.8. The first-order valence-electron chi connectivity index (χ1n) is 9.76. The number of aromatic nitrogens is 2. The topological polar surface area (TPSA) is 68.0 Å². The van der Waals surface area contributed by atoms with Crippen molar-refractivity contribution in [2.75, 3.05) is 11.1 Å². The zero-order valence-electron chi connectivity index (χ0n) is 16.6. The molecule has 5 rings (SSSR count). The van der Waals surface area contributed by atoms with Crippen LogP contribution in [0.5, 0.6) is 0 Å². The number of hydrogen-bond donors (Lipinski definition) is 1. The summed E-state index contributed by atoms with van der Waals surface area (Å²) < 4.78 is 8.06. The lowest BCUT2D eigenvalue weighted by atomic mass is 10.1. The molecule has 0 aliphatic carbocycles. The van der Waals surface area contributed by atoms with E-state index in [1.54, 1.807) is 0 Å². The molecule has 5 aromatic rings. The Morgan fingerprint density at radius 1 is 0.969 bits per heavy atom. The molecule has 2 heterocycles. The summed E-state index contributed by atoms with van der Waals surface area (Å²) in [4.78, 5) is 21.7. The fourth-order valence-electron chi connectivity index (χ4n) is 3.17. The minimum absolute atomic E-state index is 0.158. The normalized spacial score (nSPS) is 11.0. The number of benzene rings is 3. The van der Waals surface area contributed by atoms with Gasteiger partial charge in [-0.15, -0.1) is 0 Å². The van der Waals surface area contributed by atoms with E-state index in [1.807, 2.05) is 78.9 Å². The van der Waals surface area contributed by atoms with Crippen molar-refractivity contribution in [3.05, 3.63) is 83.3 Å². The molecule has 1 N–H and O–H groups in total. The van der Waals surface area contributed by atoms with Crippen molar-refractivity contribution in [2.45, 2.75) is 5.22 Å². The predicted molar refractivity (Wildman–Crippen MR) is 134 cm³/mol. The first-order valence-corrected chi connectivity index (χ1v) is 12.4. The number of carbonyl (C=O) groups excluding carboxylic acids is 1. The third kappa shape index (κ3) is 4.62. The van der Waals surface area contributed by atoms with Crippen LogP contribution in [0.4, 0.5) is 5.13 Å². The Morgan fingerprint density at radius 2 is 1.69 bits per heavy atom. The Balaban J connectivity index is 1.33. The highest BCUT2D eigenvalue weighted by Crippen LogP contribution is 2.35. The van der Waals surface area contributed by atoms with Crippen LogP contribution in [-0.2, 0) is 4.79 Å². The maximum absolute atomic E-state index is 12.5. The number of thioether (sulfide) groups is 1. The van der Waals surface area contributed by atoms with Crippen LogP contribution in [0, 0.1) is 0 Å². The summed E-state index contributed by atoms with van der Waals surface area (Å²) in [5, 5.41) is 3.89. The molecule has 0 aliphatic heterocycles. The quantitative estimate of drug-likeness (QED) is 0.241.